The summed E-state index contributed by atoms with van der Waals surface area (Å²) in [6, 6.07) is 20.2. The minimum atomic E-state index is -0.221. The lowest BCUT2D eigenvalue weighted by atomic mass is 10.0. The third-order valence-corrected chi connectivity index (χ3v) is 7.96. The Morgan fingerprint density at radius 2 is 1.25 bits per heavy atom. The molecule has 0 radical (unpaired) electrons. The van der Waals surface area contributed by atoms with Crippen molar-refractivity contribution in [3.05, 3.63) is 142 Å². The van der Waals surface area contributed by atoms with Gasteiger partial charge in [0.05, 0.1) is 11.4 Å². The van der Waals surface area contributed by atoms with Crippen LogP contribution < -0.4 is 10.9 Å². The standard InChI is InChI=1S/2C13H15FN2.C6H8ClN.C6H7NO/c2*1-3-9(2)12-8-13(16-15-12)10-4-6-11(14)7-5-10;1-5-2-3-8-6(7)4-5;1-5-2-3-7-6(8)4-5/h2*4-9H,3H2,1-2H3,(H,15,16);2-4,6,8H,1H3;2-4H,1H3,(H,7,8). The van der Waals surface area contributed by atoms with Crippen molar-refractivity contribution in [2.45, 2.75) is 71.7 Å². The summed E-state index contributed by atoms with van der Waals surface area (Å²) in [5.74, 6) is 0.506. The van der Waals surface area contributed by atoms with Crippen LogP contribution in [0.15, 0.2) is 108 Å². The van der Waals surface area contributed by atoms with E-state index in [9.17, 15) is 13.6 Å². The maximum atomic E-state index is 12.8. The number of nitrogens with zero attached hydrogens (tertiary/aromatic N) is 2. The van der Waals surface area contributed by atoms with Crippen LogP contribution in [-0.2, 0) is 0 Å². The molecule has 0 aliphatic carbocycles. The summed E-state index contributed by atoms with van der Waals surface area (Å²) in [7, 11) is 0. The minimum absolute atomic E-state index is 0.0139. The lowest BCUT2D eigenvalue weighted by molar-refractivity contribution is 0.627. The van der Waals surface area contributed by atoms with Gasteiger partial charge in [-0.1, -0.05) is 44.9 Å². The van der Waals surface area contributed by atoms with Crippen molar-refractivity contribution in [1.29, 1.82) is 0 Å². The predicted octanol–water partition coefficient (Wildman–Crippen LogP) is 9.76. The molecule has 7 nitrogen and oxygen atoms in total. The van der Waals surface area contributed by atoms with Crippen LogP contribution in [0.25, 0.3) is 22.5 Å². The first kappa shape index (κ1) is 37.7. The molecule has 0 spiro atoms. The van der Waals surface area contributed by atoms with Gasteiger partial charge in [-0.05, 0) is 129 Å². The van der Waals surface area contributed by atoms with Crippen molar-refractivity contribution >= 4 is 11.6 Å². The summed E-state index contributed by atoms with van der Waals surface area (Å²) in [4.78, 5) is 13.0. The first-order valence-corrected chi connectivity index (χ1v) is 16.5. The van der Waals surface area contributed by atoms with Crippen molar-refractivity contribution in [1.82, 2.24) is 30.7 Å². The maximum absolute atomic E-state index is 12.8. The van der Waals surface area contributed by atoms with Crippen LogP contribution in [0.1, 0.15) is 76.2 Å². The molecule has 0 saturated heterocycles. The van der Waals surface area contributed by atoms with Crippen LogP contribution in [0.4, 0.5) is 8.78 Å². The molecular weight excluding hydrogens is 630 g/mol. The number of dihydropyridines is 1. The molecule has 6 rings (SSSR count). The zero-order chi connectivity index (χ0) is 35.1. The molecule has 1 aliphatic rings. The van der Waals surface area contributed by atoms with Crippen LogP contribution in [-0.4, -0.2) is 30.9 Å². The van der Waals surface area contributed by atoms with Crippen molar-refractivity contribution in [2.75, 3.05) is 0 Å². The average molecular weight is 675 g/mol. The highest BCUT2D eigenvalue weighted by atomic mass is 35.5. The summed E-state index contributed by atoms with van der Waals surface area (Å²) >= 11 is 5.67. The number of aromatic amines is 3. The van der Waals surface area contributed by atoms with E-state index in [-0.39, 0.29) is 22.7 Å². The zero-order valence-electron chi connectivity index (χ0n) is 28.3. The van der Waals surface area contributed by atoms with E-state index in [1.54, 1.807) is 36.5 Å². The lowest BCUT2D eigenvalue weighted by Gasteiger charge is -2.08. The fourth-order valence-electron chi connectivity index (χ4n) is 4.31. The van der Waals surface area contributed by atoms with Crippen LogP contribution in [0.3, 0.4) is 0 Å². The molecule has 10 heteroatoms. The molecule has 0 amide bonds. The van der Waals surface area contributed by atoms with Gasteiger partial charge in [-0.3, -0.25) is 15.0 Å². The van der Waals surface area contributed by atoms with Gasteiger partial charge < -0.3 is 10.3 Å². The van der Waals surface area contributed by atoms with E-state index in [0.29, 0.717) is 11.8 Å². The Bertz CT molecular complexity index is 1700. The zero-order valence-corrected chi connectivity index (χ0v) is 29.1. The number of aromatic nitrogens is 5. The van der Waals surface area contributed by atoms with Gasteiger partial charge in [-0.2, -0.15) is 10.2 Å². The second kappa shape index (κ2) is 19.2. The predicted molar refractivity (Wildman–Crippen MR) is 193 cm³/mol. The number of alkyl halides is 1. The Hall–Kier alpha value is -4.76. The summed E-state index contributed by atoms with van der Waals surface area (Å²) in [6.45, 7) is 12.5. The normalized spacial score (nSPS) is 14.4. The number of allylic oxidation sites excluding steroid dienone is 2. The summed E-state index contributed by atoms with van der Waals surface area (Å²) < 4.78 is 25.5. The minimum Gasteiger partial charge on any atom is -0.372 e. The van der Waals surface area contributed by atoms with Crippen LogP contribution in [0, 0.1) is 18.6 Å². The number of nitrogens with one attached hydrogen (secondary N) is 4. The van der Waals surface area contributed by atoms with Gasteiger partial charge in [-0.25, -0.2) is 8.78 Å². The Kier molecular flexibility index (Phi) is 15.0. The van der Waals surface area contributed by atoms with Crippen molar-refractivity contribution < 1.29 is 8.78 Å². The number of hydrogen-bond acceptors (Lipinski definition) is 4. The molecule has 0 bridgehead atoms. The molecule has 0 fully saturated rings. The van der Waals surface area contributed by atoms with Crippen molar-refractivity contribution in [2.24, 2.45) is 0 Å². The molecule has 4 heterocycles. The molecule has 5 aromatic rings. The summed E-state index contributed by atoms with van der Waals surface area (Å²) in [6.07, 6.45) is 9.58. The largest absolute Gasteiger partial charge is 0.372 e. The number of pyridine rings is 1. The first-order valence-electron chi connectivity index (χ1n) is 16.0. The third-order valence-electron chi connectivity index (χ3n) is 7.70. The maximum Gasteiger partial charge on any atom is 0.248 e. The van der Waals surface area contributed by atoms with E-state index in [0.717, 1.165) is 52.3 Å². The molecule has 3 unspecified atom stereocenters. The molecular formula is C38H45ClF2N6O. The van der Waals surface area contributed by atoms with Gasteiger partial charge in [0.15, 0.2) is 0 Å². The number of rotatable bonds is 6. The second-order valence-electron chi connectivity index (χ2n) is 11.6. The Morgan fingerprint density at radius 1 is 0.771 bits per heavy atom. The summed E-state index contributed by atoms with van der Waals surface area (Å²) in [5, 5.41) is 17.4. The molecule has 3 aromatic heterocycles. The molecule has 1 aliphatic heterocycles. The lowest BCUT2D eigenvalue weighted by Crippen LogP contribution is -2.17. The Morgan fingerprint density at radius 3 is 1.58 bits per heavy atom. The molecule has 2 aromatic carbocycles. The number of benzene rings is 2. The van der Waals surface area contributed by atoms with Crippen LogP contribution in [0.2, 0.25) is 0 Å². The van der Waals surface area contributed by atoms with Crippen molar-refractivity contribution in [3.8, 4) is 22.5 Å². The number of aryl methyl sites for hydroxylation is 1. The van der Waals surface area contributed by atoms with E-state index in [2.05, 4.69) is 58.4 Å². The van der Waals surface area contributed by atoms with Gasteiger partial charge in [0, 0.05) is 34.8 Å². The van der Waals surface area contributed by atoms with Crippen molar-refractivity contribution in [3.63, 3.8) is 0 Å². The van der Waals surface area contributed by atoms with Crippen LogP contribution in [0.5, 0.6) is 0 Å². The Balaban J connectivity index is 0.000000183. The van der Waals surface area contributed by atoms with E-state index < -0.39 is 0 Å². The molecule has 3 atom stereocenters. The average Bonchev–Trinajstić information content (AvgIpc) is 3.77. The van der Waals surface area contributed by atoms with E-state index >= 15 is 0 Å². The SMILES string of the molecule is CC1=CC(Cl)NC=C1.CCC(C)c1cc(-c2ccc(F)cc2)n[nH]1.CCC(C)c1cc(-c2ccc(F)cc2)n[nH]1.Cc1cc[nH]c(=O)c1. The monoisotopic (exact) mass is 674 g/mol. The molecule has 254 valence electrons. The smallest absolute Gasteiger partial charge is 0.248 e. The van der Waals surface area contributed by atoms with Gasteiger partial charge in [0.2, 0.25) is 5.56 Å². The first-order chi connectivity index (χ1) is 23.0. The van der Waals surface area contributed by atoms with Gasteiger partial charge in [0.1, 0.15) is 17.1 Å². The van der Waals surface area contributed by atoms with E-state index in [1.807, 2.05) is 50.4 Å². The fourth-order valence-corrected chi connectivity index (χ4v) is 4.58. The Labute approximate surface area is 286 Å². The highest BCUT2D eigenvalue weighted by Crippen LogP contribution is 2.24. The highest BCUT2D eigenvalue weighted by molar-refractivity contribution is 6.21. The topological polar surface area (TPSA) is 102 Å². The number of H-pyrrole nitrogens is 3. The molecule has 48 heavy (non-hydrogen) atoms. The van der Waals surface area contributed by atoms with Gasteiger partial charge in [-0.15, -0.1) is 0 Å². The number of hydrogen-bond donors (Lipinski definition) is 4. The quantitative estimate of drug-likeness (QED) is 0.106. The van der Waals surface area contributed by atoms with Gasteiger partial charge >= 0.3 is 0 Å². The van der Waals surface area contributed by atoms with Crippen LogP contribution >= 0.6 is 11.6 Å². The molecule has 4 N–H and O–H groups in total. The summed E-state index contributed by atoms with van der Waals surface area (Å²) in [5.41, 5.74) is 8.02. The third kappa shape index (κ3) is 12.4. The van der Waals surface area contributed by atoms with E-state index in [4.69, 9.17) is 11.6 Å². The highest BCUT2D eigenvalue weighted by Gasteiger charge is 2.10. The fraction of sp³-hybridized carbons (Fsp3) is 0.289. The molecule has 0 saturated carbocycles. The van der Waals surface area contributed by atoms with Gasteiger partial charge in [0.25, 0.3) is 0 Å². The number of halogens is 3. The van der Waals surface area contributed by atoms with E-state index in [1.165, 1.54) is 29.8 Å². The second-order valence-corrected chi connectivity index (χ2v) is 12.1.